The highest BCUT2D eigenvalue weighted by atomic mass is 16.5. The van der Waals surface area contributed by atoms with Crippen LogP contribution < -0.4 is 9.47 Å². The van der Waals surface area contributed by atoms with Crippen LogP contribution in [0.5, 0.6) is 11.5 Å². The van der Waals surface area contributed by atoms with Crippen molar-refractivity contribution in [1.29, 1.82) is 0 Å². The fourth-order valence-electron chi connectivity index (χ4n) is 3.72. The summed E-state index contributed by atoms with van der Waals surface area (Å²) in [5.74, 6) is 2.94. The van der Waals surface area contributed by atoms with Crippen LogP contribution in [0.2, 0.25) is 0 Å². The number of ether oxygens (including phenoxy) is 2. The monoisotopic (exact) mass is 390 g/mol. The summed E-state index contributed by atoms with van der Waals surface area (Å²) in [6.07, 6.45) is 6.92. The lowest BCUT2D eigenvalue weighted by atomic mass is 9.90. The van der Waals surface area contributed by atoms with E-state index in [1.165, 1.54) is 0 Å². The van der Waals surface area contributed by atoms with Gasteiger partial charge in [0.25, 0.3) is 0 Å². The highest BCUT2D eigenvalue weighted by Gasteiger charge is 2.22. The van der Waals surface area contributed by atoms with Gasteiger partial charge in [0, 0.05) is 76.7 Å². The van der Waals surface area contributed by atoms with Crippen molar-refractivity contribution < 1.29 is 9.47 Å². The first-order valence-electron chi connectivity index (χ1n) is 9.70. The van der Waals surface area contributed by atoms with Crippen LogP contribution in [0.15, 0.2) is 36.8 Å². The van der Waals surface area contributed by atoms with E-state index in [1.54, 1.807) is 14.2 Å². The first-order valence-corrected chi connectivity index (χ1v) is 9.70. The van der Waals surface area contributed by atoms with Gasteiger partial charge >= 0.3 is 0 Å². The summed E-state index contributed by atoms with van der Waals surface area (Å²) in [5.41, 5.74) is 7.13. The fourth-order valence-corrected chi connectivity index (χ4v) is 3.72. The van der Waals surface area contributed by atoms with Crippen LogP contribution in [0.1, 0.15) is 39.3 Å². The minimum absolute atomic E-state index is 0.677. The lowest BCUT2D eigenvalue weighted by Crippen LogP contribution is -2.14. The molecule has 5 nitrogen and oxygen atoms in total. The number of nitrogens with zero attached hydrogens (tertiary/aromatic N) is 3. The molecular formula is C24H28N3O2. The molecule has 151 valence electrons. The third-order valence-corrected chi connectivity index (χ3v) is 5.29. The zero-order valence-corrected chi connectivity index (χ0v) is 18.0. The molecule has 29 heavy (non-hydrogen) atoms. The first kappa shape index (κ1) is 20.8. The summed E-state index contributed by atoms with van der Waals surface area (Å²) in [7, 11) is 3.41. The highest BCUT2D eigenvalue weighted by Crippen LogP contribution is 2.31. The second-order valence-corrected chi connectivity index (χ2v) is 7.26. The molecule has 0 aliphatic heterocycles. The Kier molecular flexibility index (Phi) is 6.47. The van der Waals surface area contributed by atoms with E-state index in [0.717, 1.165) is 56.8 Å². The van der Waals surface area contributed by atoms with Crippen molar-refractivity contribution in [2.75, 3.05) is 14.2 Å². The molecule has 1 radical (unpaired) electrons. The molecule has 0 fully saturated rings. The largest absolute Gasteiger partial charge is 0.496 e. The SMILES string of the molecule is COc1c(C)cnc(C[C](Cc2ncc(C)c(OC)c2C)c2ccccn2)c1C. The van der Waals surface area contributed by atoms with Crippen LogP contribution in [0, 0.1) is 33.6 Å². The number of rotatable bonds is 7. The van der Waals surface area contributed by atoms with Crippen molar-refractivity contribution in [2.24, 2.45) is 0 Å². The van der Waals surface area contributed by atoms with Gasteiger partial charge in [0.2, 0.25) is 0 Å². The maximum Gasteiger partial charge on any atom is 0.128 e. The summed E-state index contributed by atoms with van der Waals surface area (Å²) < 4.78 is 11.2. The molecule has 0 spiro atoms. The van der Waals surface area contributed by atoms with Gasteiger partial charge in [0.05, 0.1) is 14.2 Å². The zero-order valence-electron chi connectivity index (χ0n) is 18.0. The van der Waals surface area contributed by atoms with Gasteiger partial charge < -0.3 is 9.47 Å². The van der Waals surface area contributed by atoms with Gasteiger partial charge in [-0.1, -0.05) is 6.07 Å². The fraction of sp³-hybridized carbons (Fsp3) is 0.333. The van der Waals surface area contributed by atoms with Gasteiger partial charge in [-0.2, -0.15) is 0 Å². The van der Waals surface area contributed by atoms with Gasteiger partial charge in [0.15, 0.2) is 0 Å². The van der Waals surface area contributed by atoms with Crippen LogP contribution in [0.4, 0.5) is 0 Å². The first-order chi connectivity index (χ1) is 14.0. The van der Waals surface area contributed by atoms with E-state index in [2.05, 4.69) is 28.8 Å². The van der Waals surface area contributed by atoms with Crippen molar-refractivity contribution in [1.82, 2.24) is 15.0 Å². The lowest BCUT2D eigenvalue weighted by molar-refractivity contribution is 0.406. The quantitative estimate of drug-likeness (QED) is 0.593. The molecule has 0 aliphatic carbocycles. The van der Waals surface area contributed by atoms with Crippen molar-refractivity contribution in [3.05, 3.63) is 82.0 Å². The third kappa shape index (κ3) is 4.39. The summed E-state index contributed by atoms with van der Waals surface area (Å²) in [6.45, 7) is 8.14. The van der Waals surface area contributed by atoms with Crippen LogP contribution in [0.3, 0.4) is 0 Å². The third-order valence-electron chi connectivity index (χ3n) is 5.29. The molecular weight excluding hydrogens is 362 g/mol. The standard InChI is InChI=1S/C24H28N3O2/c1-15-13-26-21(17(3)23(15)28-5)11-19(20-9-7-8-10-25-20)12-22-18(4)24(29-6)16(2)14-27-22/h7-10,13-14H,11-12H2,1-6H3. The van der Waals surface area contributed by atoms with E-state index in [9.17, 15) is 0 Å². The predicted octanol–water partition coefficient (Wildman–Crippen LogP) is 4.53. The van der Waals surface area contributed by atoms with Gasteiger partial charge in [-0.15, -0.1) is 0 Å². The minimum atomic E-state index is 0.677. The van der Waals surface area contributed by atoms with E-state index in [0.29, 0.717) is 12.8 Å². The van der Waals surface area contributed by atoms with Gasteiger partial charge in [-0.25, -0.2) is 0 Å². The van der Waals surface area contributed by atoms with Gasteiger partial charge in [0.1, 0.15) is 11.5 Å². The average Bonchev–Trinajstić information content (AvgIpc) is 2.72. The Bertz CT molecular complexity index is 926. The van der Waals surface area contributed by atoms with Crippen molar-refractivity contribution in [3.63, 3.8) is 0 Å². The molecule has 5 heteroatoms. The molecule has 0 atom stereocenters. The van der Waals surface area contributed by atoms with E-state index < -0.39 is 0 Å². The zero-order chi connectivity index (χ0) is 21.0. The summed E-state index contributed by atoms with van der Waals surface area (Å²) in [4.78, 5) is 14.0. The van der Waals surface area contributed by atoms with Gasteiger partial charge in [-0.05, 0) is 39.8 Å². The van der Waals surface area contributed by atoms with Crippen molar-refractivity contribution in [2.45, 2.75) is 40.5 Å². The van der Waals surface area contributed by atoms with Gasteiger partial charge in [-0.3, -0.25) is 15.0 Å². The smallest absolute Gasteiger partial charge is 0.128 e. The minimum Gasteiger partial charge on any atom is -0.496 e. The van der Waals surface area contributed by atoms with E-state index in [1.807, 2.05) is 50.6 Å². The van der Waals surface area contributed by atoms with Crippen LogP contribution in [-0.2, 0) is 12.8 Å². The molecule has 0 amide bonds. The molecule has 0 aromatic carbocycles. The summed E-state index contributed by atoms with van der Waals surface area (Å²) in [6, 6.07) is 5.98. The van der Waals surface area contributed by atoms with Crippen LogP contribution >= 0.6 is 0 Å². The topological polar surface area (TPSA) is 57.1 Å². The number of hydrogen-bond donors (Lipinski definition) is 0. The Morgan fingerprint density at radius 3 is 1.69 bits per heavy atom. The van der Waals surface area contributed by atoms with Crippen LogP contribution in [0.25, 0.3) is 0 Å². The number of aryl methyl sites for hydroxylation is 2. The second-order valence-electron chi connectivity index (χ2n) is 7.26. The van der Waals surface area contributed by atoms with Crippen molar-refractivity contribution in [3.8, 4) is 11.5 Å². The Hall–Kier alpha value is -2.95. The Morgan fingerprint density at radius 1 is 0.759 bits per heavy atom. The Labute approximate surface area is 173 Å². The Morgan fingerprint density at radius 2 is 1.28 bits per heavy atom. The number of aromatic nitrogens is 3. The molecule has 3 rings (SSSR count). The molecule has 0 saturated heterocycles. The maximum absolute atomic E-state index is 5.59. The van der Waals surface area contributed by atoms with E-state index in [4.69, 9.17) is 9.47 Å². The summed E-state index contributed by atoms with van der Waals surface area (Å²) in [5, 5.41) is 0. The molecule has 3 aromatic rings. The van der Waals surface area contributed by atoms with Crippen LogP contribution in [-0.4, -0.2) is 29.2 Å². The molecule has 0 aliphatic rings. The molecule has 0 saturated carbocycles. The van der Waals surface area contributed by atoms with E-state index in [-0.39, 0.29) is 0 Å². The van der Waals surface area contributed by atoms with Crippen molar-refractivity contribution >= 4 is 0 Å². The highest BCUT2D eigenvalue weighted by molar-refractivity contribution is 5.45. The Balaban J connectivity index is 2.00. The number of methoxy groups -OCH3 is 2. The number of hydrogen-bond acceptors (Lipinski definition) is 5. The lowest BCUT2D eigenvalue weighted by Gasteiger charge is -2.20. The number of pyridine rings is 3. The van der Waals surface area contributed by atoms with E-state index >= 15 is 0 Å². The molecule has 0 N–H and O–H groups in total. The second kappa shape index (κ2) is 9.03. The molecule has 0 bridgehead atoms. The molecule has 0 unspecified atom stereocenters. The predicted molar refractivity (Wildman–Crippen MR) is 115 cm³/mol. The summed E-state index contributed by atoms with van der Waals surface area (Å²) >= 11 is 0. The molecule has 3 aromatic heterocycles. The maximum atomic E-state index is 5.59. The molecule has 3 heterocycles. The normalized spacial score (nSPS) is 11.0. The average molecular weight is 391 g/mol.